The SMILES string of the molecule is Cc1ccccc1-c1nc(SC(C)C(=O)Nc2nc(C)c(C)s2)n[nH]1. The first kappa shape index (κ1) is 17.6. The van der Waals surface area contributed by atoms with E-state index in [0.717, 1.165) is 21.7 Å². The predicted octanol–water partition coefficient (Wildman–Crippen LogP) is 3.97. The van der Waals surface area contributed by atoms with Crippen molar-refractivity contribution in [3.63, 3.8) is 0 Å². The first-order chi connectivity index (χ1) is 11.9. The Morgan fingerprint density at radius 1 is 1.24 bits per heavy atom. The third-order valence-corrected chi connectivity index (χ3v) is 5.72. The van der Waals surface area contributed by atoms with Gasteiger partial charge in [0.1, 0.15) is 0 Å². The number of nitrogens with zero attached hydrogens (tertiary/aromatic N) is 3. The highest BCUT2D eigenvalue weighted by Gasteiger charge is 2.19. The number of rotatable bonds is 5. The lowest BCUT2D eigenvalue weighted by Gasteiger charge is -2.07. The predicted molar refractivity (Wildman–Crippen MR) is 102 cm³/mol. The van der Waals surface area contributed by atoms with Gasteiger partial charge < -0.3 is 5.32 Å². The molecule has 3 rings (SSSR count). The molecule has 2 N–H and O–H groups in total. The van der Waals surface area contributed by atoms with Crippen LogP contribution in [0, 0.1) is 20.8 Å². The summed E-state index contributed by atoms with van der Waals surface area (Å²) >= 11 is 2.79. The minimum absolute atomic E-state index is 0.110. The summed E-state index contributed by atoms with van der Waals surface area (Å²) in [4.78, 5) is 22.3. The Bertz CT molecular complexity index is 883. The van der Waals surface area contributed by atoms with Crippen LogP contribution in [0.15, 0.2) is 29.4 Å². The number of thiazole rings is 1. The molecule has 0 aliphatic rings. The molecule has 130 valence electrons. The average Bonchev–Trinajstić information content (AvgIpc) is 3.15. The zero-order chi connectivity index (χ0) is 18.0. The highest BCUT2D eigenvalue weighted by Crippen LogP contribution is 2.26. The first-order valence-corrected chi connectivity index (χ1v) is 9.53. The summed E-state index contributed by atoms with van der Waals surface area (Å²) in [6.45, 7) is 7.78. The molecule has 1 atom stereocenters. The number of thioether (sulfide) groups is 1. The van der Waals surface area contributed by atoms with Crippen LogP contribution >= 0.6 is 23.1 Å². The van der Waals surface area contributed by atoms with Crippen molar-refractivity contribution in [2.45, 2.75) is 38.1 Å². The number of hydrogen-bond donors (Lipinski definition) is 2. The molecule has 1 amide bonds. The molecule has 1 aromatic carbocycles. The van der Waals surface area contributed by atoms with Crippen molar-refractivity contribution < 1.29 is 4.79 Å². The van der Waals surface area contributed by atoms with Crippen molar-refractivity contribution in [1.29, 1.82) is 0 Å². The Labute approximate surface area is 154 Å². The number of aromatic nitrogens is 4. The van der Waals surface area contributed by atoms with Crippen molar-refractivity contribution in [3.05, 3.63) is 40.4 Å². The van der Waals surface area contributed by atoms with Gasteiger partial charge in [0.15, 0.2) is 11.0 Å². The quantitative estimate of drug-likeness (QED) is 0.661. The van der Waals surface area contributed by atoms with Gasteiger partial charge in [0.2, 0.25) is 11.1 Å². The Morgan fingerprint density at radius 2 is 2.00 bits per heavy atom. The number of aromatic amines is 1. The van der Waals surface area contributed by atoms with Gasteiger partial charge in [0, 0.05) is 10.4 Å². The Balaban J connectivity index is 1.66. The molecule has 0 bridgehead atoms. The highest BCUT2D eigenvalue weighted by atomic mass is 32.2. The second-order valence-electron chi connectivity index (χ2n) is 5.69. The number of carbonyl (C=O) groups excluding carboxylic acids is 1. The summed E-state index contributed by atoms with van der Waals surface area (Å²) in [6, 6.07) is 7.97. The molecule has 6 nitrogen and oxygen atoms in total. The van der Waals surface area contributed by atoms with Gasteiger partial charge in [0.05, 0.1) is 10.9 Å². The van der Waals surface area contributed by atoms with Gasteiger partial charge in [-0.05, 0) is 33.3 Å². The van der Waals surface area contributed by atoms with E-state index >= 15 is 0 Å². The van der Waals surface area contributed by atoms with E-state index < -0.39 is 0 Å². The van der Waals surface area contributed by atoms with Gasteiger partial charge in [-0.25, -0.2) is 9.97 Å². The van der Waals surface area contributed by atoms with Crippen LogP contribution in [-0.2, 0) is 4.79 Å². The highest BCUT2D eigenvalue weighted by molar-refractivity contribution is 8.00. The van der Waals surface area contributed by atoms with Crippen molar-refractivity contribution in [3.8, 4) is 11.4 Å². The van der Waals surface area contributed by atoms with E-state index in [4.69, 9.17) is 0 Å². The van der Waals surface area contributed by atoms with E-state index in [1.807, 2.05) is 52.0 Å². The largest absolute Gasteiger partial charge is 0.301 e. The van der Waals surface area contributed by atoms with Gasteiger partial charge in [-0.2, -0.15) is 0 Å². The summed E-state index contributed by atoms with van der Waals surface area (Å²) in [7, 11) is 0. The Hall–Kier alpha value is -2.19. The molecule has 0 spiro atoms. The number of aryl methyl sites for hydroxylation is 3. The Kier molecular flexibility index (Phi) is 5.19. The zero-order valence-corrected chi connectivity index (χ0v) is 16.1. The van der Waals surface area contributed by atoms with Crippen LogP contribution in [0.4, 0.5) is 5.13 Å². The molecule has 0 aliphatic carbocycles. The number of hydrogen-bond acceptors (Lipinski definition) is 6. The van der Waals surface area contributed by atoms with E-state index in [2.05, 4.69) is 25.5 Å². The van der Waals surface area contributed by atoms with E-state index in [1.165, 1.54) is 23.1 Å². The van der Waals surface area contributed by atoms with Gasteiger partial charge in [0.25, 0.3) is 0 Å². The summed E-state index contributed by atoms with van der Waals surface area (Å²) in [5, 5.41) is 10.9. The molecule has 1 unspecified atom stereocenters. The first-order valence-electron chi connectivity index (χ1n) is 7.84. The van der Waals surface area contributed by atoms with Crippen LogP contribution in [0.2, 0.25) is 0 Å². The molecule has 3 aromatic rings. The van der Waals surface area contributed by atoms with Crippen LogP contribution < -0.4 is 5.32 Å². The van der Waals surface area contributed by atoms with E-state index in [0.29, 0.717) is 16.1 Å². The average molecular weight is 374 g/mol. The number of benzene rings is 1. The molecule has 8 heteroatoms. The molecule has 0 saturated heterocycles. The summed E-state index contributed by atoms with van der Waals surface area (Å²) in [6.07, 6.45) is 0. The van der Waals surface area contributed by atoms with Gasteiger partial charge in [-0.15, -0.1) is 16.4 Å². The summed E-state index contributed by atoms with van der Waals surface area (Å²) < 4.78 is 0. The fourth-order valence-electron chi connectivity index (χ4n) is 2.20. The van der Waals surface area contributed by atoms with Crippen molar-refractivity contribution in [2.75, 3.05) is 5.32 Å². The lowest BCUT2D eigenvalue weighted by atomic mass is 10.1. The molecule has 0 fully saturated rings. The van der Waals surface area contributed by atoms with Gasteiger partial charge in [-0.1, -0.05) is 36.0 Å². The minimum atomic E-state index is -0.329. The van der Waals surface area contributed by atoms with Crippen molar-refractivity contribution >= 4 is 34.1 Å². The topological polar surface area (TPSA) is 83.6 Å². The molecule has 25 heavy (non-hydrogen) atoms. The molecule has 0 aliphatic heterocycles. The standard InChI is InChI=1S/C17H19N5OS2/c1-9-7-5-6-8-13(9)14-19-17(22-21-14)25-12(4)15(23)20-16-18-10(2)11(3)24-16/h5-8,12H,1-4H3,(H,18,20,23)(H,19,21,22). The molecule has 2 aromatic heterocycles. The maximum absolute atomic E-state index is 12.3. The van der Waals surface area contributed by atoms with Crippen LogP contribution in [0.5, 0.6) is 0 Å². The van der Waals surface area contributed by atoms with E-state index in [-0.39, 0.29) is 11.2 Å². The maximum Gasteiger partial charge on any atom is 0.239 e. The van der Waals surface area contributed by atoms with Gasteiger partial charge in [-0.3, -0.25) is 9.89 Å². The summed E-state index contributed by atoms with van der Waals surface area (Å²) in [5.74, 6) is 0.598. The smallest absolute Gasteiger partial charge is 0.239 e. The van der Waals surface area contributed by atoms with Crippen LogP contribution in [-0.4, -0.2) is 31.3 Å². The zero-order valence-electron chi connectivity index (χ0n) is 14.5. The molecular formula is C17H19N5OS2. The fraction of sp³-hybridized carbons (Fsp3) is 0.294. The number of H-pyrrole nitrogens is 1. The molecule has 0 radical (unpaired) electrons. The normalized spacial score (nSPS) is 12.2. The number of nitrogens with one attached hydrogen (secondary N) is 2. The van der Waals surface area contributed by atoms with Gasteiger partial charge >= 0.3 is 0 Å². The number of carbonyl (C=O) groups is 1. The monoisotopic (exact) mass is 373 g/mol. The molecule has 0 saturated carbocycles. The van der Waals surface area contributed by atoms with E-state index in [1.54, 1.807) is 0 Å². The summed E-state index contributed by atoms with van der Waals surface area (Å²) in [5.41, 5.74) is 3.07. The maximum atomic E-state index is 12.3. The number of anilines is 1. The van der Waals surface area contributed by atoms with Crippen molar-refractivity contribution in [2.24, 2.45) is 0 Å². The van der Waals surface area contributed by atoms with E-state index in [9.17, 15) is 4.79 Å². The third-order valence-electron chi connectivity index (χ3n) is 3.78. The van der Waals surface area contributed by atoms with Crippen LogP contribution in [0.25, 0.3) is 11.4 Å². The molecule has 2 heterocycles. The van der Waals surface area contributed by atoms with Crippen LogP contribution in [0.3, 0.4) is 0 Å². The second kappa shape index (κ2) is 7.37. The lowest BCUT2D eigenvalue weighted by Crippen LogP contribution is -2.22. The third kappa shape index (κ3) is 4.08. The Morgan fingerprint density at radius 3 is 2.68 bits per heavy atom. The number of amides is 1. The van der Waals surface area contributed by atoms with Crippen LogP contribution in [0.1, 0.15) is 23.1 Å². The molecular weight excluding hydrogens is 354 g/mol. The minimum Gasteiger partial charge on any atom is -0.301 e. The second-order valence-corrected chi connectivity index (χ2v) is 8.20. The van der Waals surface area contributed by atoms with Crippen molar-refractivity contribution in [1.82, 2.24) is 20.2 Å². The lowest BCUT2D eigenvalue weighted by molar-refractivity contribution is -0.115. The fourth-order valence-corrected chi connectivity index (χ4v) is 3.75.